The molecule has 0 spiro atoms. The first-order valence-electron chi connectivity index (χ1n) is 8.31. The van der Waals surface area contributed by atoms with Crippen LogP contribution in [0.2, 0.25) is 5.02 Å². The Bertz CT molecular complexity index is 872. The lowest BCUT2D eigenvalue weighted by Crippen LogP contribution is -2.27. The fourth-order valence-corrected chi connectivity index (χ4v) is 2.48. The average Bonchev–Trinajstić information content (AvgIpc) is 3.30. The first-order chi connectivity index (χ1) is 12.5. The standard InChI is InChI=1S/C18H20ClN5O2/c1-3-23-10-8-16(21-23)13(2)20-18(25)17-9-11-24(22-17)12-26-15-6-4-14(19)5-7-15/h4-11,13H,3,12H2,1-2H3,(H,20,25). The van der Waals surface area contributed by atoms with Crippen molar-refractivity contribution >= 4 is 17.5 Å². The van der Waals surface area contributed by atoms with Crippen molar-refractivity contribution in [1.82, 2.24) is 24.9 Å². The molecule has 1 atom stereocenters. The largest absolute Gasteiger partial charge is 0.471 e. The molecule has 0 aliphatic rings. The second-order valence-electron chi connectivity index (χ2n) is 5.76. The highest BCUT2D eigenvalue weighted by atomic mass is 35.5. The number of hydrogen-bond donors (Lipinski definition) is 1. The van der Waals surface area contributed by atoms with Crippen molar-refractivity contribution in [2.45, 2.75) is 33.2 Å². The summed E-state index contributed by atoms with van der Waals surface area (Å²) in [6.07, 6.45) is 3.59. The number of carbonyl (C=O) groups excluding carboxylic acids is 1. The number of rotatable bonds is 7. The van der Waals surface area contributed by atoms with Gasteiger partial charge in [-0.05, 0) is 50.2 Å². The van der Waals surface area contributed by atoms with Crippen molar-refractivity contribution in [3.63, 3.8) is 0 Å². The van der Waals surface area contributed by atoms with E-state index in [0.717, 1.165) is 12.2 Å². The molecule has 8 heteroatoms. The van der Waals surface area contributed by atoms with Gasteiger partial charge in [0.25, 0.3) is 5.91 Å². The molecule has 1 amide bonds. The van der Waals surface area contributed by atoms with E-state index in [0.29, 0.717) is 16.5 Å². The van der Waals surface area contributed by atoms with E-state index in [-0.39, 0.29) is 18.7 Å². The Morgan fingerprint density at radius 2 is 1.88 bits per heavy atom. The van der Waals surface area contributed by atoms with Crippen LogP contribution >= 0.6 is 11.6 Å². The van der Waals surface area contributed by atoms with E-state index in [4.69, 9.17) is 16.3 Å². The van der Waals surface area contributed by atoms with Crippen molar-refractivity contribution in [3.8, 4) is 5.75 Å². The first kappa shape index (κ1) is 18.0. The summed E-state index contributed by atoms with van der Waals surface area (Å²) in [6.45, 7) is 4.89. The number of aromatic nitrogens is 4. The second-order valence-corrected chi connectivity index (χ2v) is 6.20. The highest BCUT2D eigenvalue weighted by molar-refractivity contribution is 6.30. The number of nitrogens with one attached hydrogen (secondary N) is 1. The Balaban J connectivity index is 1.56. The highest BCUT2D eigenvalue weighted by Gasteiger charge is 2.15. The smallest absolute Gasteiger partial charge is 0.272 e. The van der Waals surface area contributed by atoms with Gasteiger partial charge in [-0.1, -0.05) is 11.6 Å². The van der Waals surface area contributed by atoms with E-state index in [1.54, 1.807) is 41.2 Å². The third-order valence-corrected chi connectivity index (χ3v) is 4.08. The molecule has 26 heavy (non-hydrogen) atoms. The minimum absolute atomic E-state index is 0.200. The van der Waals surface area contributed by atoms with Crippen molar-refractivity contribution in [1.29, 1.82) is 0 Å². The van der Waals surface area contributed by atoms with Gasteiger partial charge in [0, 0.05) is 24.0 Å². The summed E-state index contributed by atoms with van der Waals surface area (Å²) in [5.41, 5.74) is 1.14. The van der Waals surface area contributed by atoms with E-state index in [1.807, 2.05) is 30.8 Å². The van der Waals surface area contributed by atoms with E-state index in [9.17, 15) is 4.79 Å². The quantitative estimate of drug-likeness (QED) is 0.689. The van der Waals surface area contributed by atoms with Crippen LogP contribution in [0.25, 0.3) is 0 Å². The Morgan fingerprint density at radius 1 is 1.15 bits per heavy atom. The van der Waals surface area contributed by atoms with Crippen molar-refractivity contribution in [3.05, 3.63) is 65.2 Å². The Hall–Kier alpha value is -2.80. The van der Waals surface area contributed by atoms with Crippen LogP contribution in [0.3, 0.4) is 0 Å². The number of nitrogens with zero attached hydrogens (tertiary/aromatic N) is 4. The van der Waals surface area contributed by atoms with Gasteiger partial charge in [0.1, 0.15) is 11.4 Å². The van der Waals surface area contributed by atoms with E-state index in [1.165, 1.54) is 0 Å². The van der Waals surface area contributed by atoms with Gasteiger partial charge in [0.15, 0.2) is 6.73 Å². The lowest BCUT2D eigenvalue weighted by Gasteiger charge is -2.10. The van der Waals surface area contributed by atoms with Gasteiger partial charge in [0.2, 0.25) is 0 Å². The molecule has 136 valence electrons. The van der Waals surface area contributed by atoms with Gasteiger partial charge < -0.3 is 10.1 Å². The number of ether oxygens (including phenoxy) is 1. The summed E-state index contributed by atoms with van der Waals surface area (Å²) >= 11 is 5.84. The molecule has 0 saturated heterocycles. The third-order valence-electron chi connectivity index (χ3n) is 3.83. The predicted octanol–water partition coefficient (Wildman–Crippen LogP) is 3.28. The third kappa shape index (κ3) is 4.43. The molecular formula is C18H20ClN5O2. The van der Waals surface area contributed by atoms with Gasteiger partial charge in [-0.15, -0.1) is 0 Å². The predicted molar refractivity (Wildman–Crippen MR) is 98.1 cm³/mol. The molecule has 0 saturated carbocycles. The van der Waals surface area contributed by atoms with Crippen molar-refractivity contribution < 1.29 is 9.53 Å². The molecule has 7 nitrogen and oxygen atoms in total. The molecule has 1 aromatic carbocycles. The molecule has 0 radical (unpaired) electrons. The van der Waals surface area contributed by atoms with E-state index in [2.05, 4.69) is 15.5 Å². The van der Waals surface area contributed by atoms with Gasteiger partial charge in [0.05, 0.1) is 11.7 Å². The maximum absolute atomic E-state index is 12.4. The number of hydrogen-bond acceptors (Lipinski definition) is 4. The van der Waals surface area contributed by atoms with Crippen LogP contribution in [0.1, 0.15) is 36.1 Å². The normalized spacial score (nSPS) is 12.0. The zero-order valence-electron chi connectivity index (χ0n) is 14.6. The highest BCUT2D eigenvalue weighted by Crippen LogP contribution is 2.16. The van der Waals surface area contributed by atoms with Crippen LogP contribution in [0, 0.1) is 0 Å². The zero-order valence-corrected chi connectivity index (χ0v) is 15.3. The molecule has 0 aliphatic carbocycles. The fraction of sp³-hybridized carbons (Fsp3) is 0.278. The second kappa shape index (κ2) is 8.05. The SMILES string of the molecule is CCn1ccc(C(C)NC(=O)c2ccn(COc3ccc(Cl)cc3)n2)n1. The molecule has 0 bridgehead atoms. The molecule has 1 N–H and O–H groups in total. The average molecular weight is 374 g/mol. The van der Waals surface area contributed by atoms with Crippen molar-refractivity contribution in [2.24, 2.45) is 0 Å². The molecular weight excluding hydrogens is 354 g/mol. The zero-order chi connectivity index (χ0) is 18.5. The van der Waals surface area contributed by atoms with Crippen LogP contribution in [0.4, 0.5) is 0 Å². The maximum atomic E-state index is 12.4. The first-order valence-corrected chi connectivity index (χ1v) is 8.69. The van der Waals surface area contributed by atoms with Gasteiger partial charge in [-0.2, -0.15) is 10.2 Å². The van der Waals surface area contributed by atoms with E-state index < -0.39 is 0 Å². The summed E-state index contributed by atoms with van der Waals surface area (Å²) in [6, 6.07) is 10.4. The summed E-state index contributed by atoms with van der Waals surface area (Å²) in [4.78, 5) is 12.4. The van der Waals surface area contributed by atoms with Crippen molar-refractivity contribution in [2.75, 3.05) is 0 Å². The summed E-state index contributed by atoms with van der Waals surface area (Å²) in [5, 5.41) is 12.2. The molecule has 0 aliphatic heterocycles. The number of aryl methyl sites for hydroxylation is 1. The molecule has 2 heterocycles. The Morgan fingerprint density at radius 3 is 2.58 bits per heavy atom. The Kier molecular flexibility index (Phi) is 5.58. The minimum Gasteiger partial charge on any atom is -0.471 e. The molecule has 0 fully saturated rings. The van der Waals surface area contributed by atoms with Crippen LogP contribution < -0.4 is 10.1 Å². The molecule has 2 aromatic heterocycles. The molecule has 1 unspecified atom stereocenters. The maximum Gasteiger partial charge on any atom is 0.272 e. The monoisotopic (exact) mass is 373 g/mol. The number of halogens is 1. The fourth-order valence-electron chi connectivity index (χ4n) is 2.36. The number of carbonyl (C=O) groups is 1. The van der Waals surface area contributed by atoms with Crippen LogP contribution in [-0.4, -0.2) is 25.5 Å². The summed E-state index contributed by atoms with van der Waals surface area (Å²) in [7, 11) is 0. The molecule has 3 rings (SSSR count). The van der Waals surface area contributed by atoms with Crippen LogP contribution in [0.15, 0.2) is 48.8 Å². The molecule has 3 aromatic rings. The lowest BCUT2D eigenvalue weighted by atomic mass is 10.2. The number of amides is 1. The summed E-state index contributed by atoms with van der Waals surface area (Å²) in [5.74, 6) is 0.421. The topological polar surface area (TPSA) is 74.0 Å². The number of benzene rings is 1. The minimum atomic E-state index is -0.256. The van der Waals surface area contributed by atoms with Gasteiger partial charge in [-0.25, -0.2) is 4.68 Å². The Labute approximate surface area is 156 Å². The summed E-state index contributed by atoms with van der Waals surface area (Å²) < 4.78 is 8.98. The lowest BCUT2D eigenvalue weighted by molar-refractivity contribution is 0.0932. The van der Waals surface area contributed by atoms with Crippen LogP contribution in [-0.2, 0) is 13.3 Å². The van der Waals surface area contributed by atoms with Gasteiger partial charge in [-0.3, -0.25) is 9.48 Å². The van der Waals surface area contributed by atoms with E-state index >= 15 is 0 Å². The van der Waals surface area contributed by atoms with Gasteiger partial charge >= 0.3 is 0 Å². The van der Waals surface area contributed by atoms with Crippen LogP contribution in [0.5, 0.6) is 5.75 Å².